The lowest BCUT2D eigenvalue weighted by molar-refractivity contribution is -0.117. The quantitative estimate of drug-likeness (QED) is 0.812. The molecule has 0 saturated carbocycles. The molecule has 1 saturated heterocycles. The largest absolute Gasteiger partial charge is 0.457 e. The van der Waals surface area contributed by atoms with Gasteiger partial charge in [0, 0.05) is 18.7 Å². The van der Waals surface area contributed by atoms with Crippen molar-refractivity contribution in [3.8, 4) is 0 Å². The van der Waals surface area contributed by atoms with E-state index in [1.165, 1.54) is 5.56 Å². The number of esters is 1. The van der Waals surface area contributed by atoms with Gasteiger partial charge in [0.25, 0.3) is 0 Å². The number of carbonyl (C=O) groups is 2. The van der Waals surface area contributed by atoms with Crippen molar-refractivity contribution in [1.82, 2.24) is 0 Å². The fourth-order valence-electron chi connectivity index (χ4n) is 2.62. The van der Waals surface area contributed by atoms with E-state index < -0.39 is 0 Å². The Morgan fingerprint density at radius 2 is 1.78 bits per heavy atom. The van der Waals surface area contributed by atoms with Crippen LogP contribution in [0.5, 0.6) is 0 Å². The standard InChI is InChI=1S/C19H19NO3/c1-14-4-6-15(7-5-14)13-23-19(22)16-8-10-17(11-9-16)20-12-2-3-18(20)21/h4-11H,2-3,12-13H2,1H3. The first-order valence-corrected chi connectivity index (χ1v) is 7.76. The smallest absolute Gasteiger partial charge is 0.338 e. The molecule has 1 amide bonds. The van der Waals surface area contributed by atoms with Gasteiger partial charge in [-0.15, -0.1) is 0 Å². The van der Waals surface area contributed by atoms with E-state index in [0.717, 1.165) is 24.2 Å². The van der Waals surface area contributed by atoms with E-state index in [2.05, 4.69) is 0 Å². The van der Waals surface area contributed by atoms with Crippen LogP contribution in [0.2, 0.25) is 0 Å². The van der Waals surface area contributed by atoms with Crippen molar-refractivity contribution in [2.45, 2.75) is 26.4 Å². The first kappa shape index (κ1) is 15.3. The summed E-state index contributed by atoms with van der Waals surface area (Å²) in [6.07, 6.45) is 1.49. The molecule has 0 radical (unpaired) electrons. The lowest BCUT2D eigenvalue weighted by Gasteiger charge is -2.15. The zero-order valence-corrected chi connectivity index (χ0v) is 13.1. The first-order chi connectivity index (χ1) is 11.1. The van der Waals surface area contributed by atoms with Gasteiger partial charge in [0.2, 0.25) is 5.91 Å². The minimum Gasteiger partial charge on any atom is -0.457 e. The Hall–Kier alpha value is -2.62. The van der Waals surface area contributed by atoms with Crippen LogP contribution in [0.3, 0.4) is 0 Å². The molecule has 1 aliphatic rings. The maximum Gasteiger partial charge on any atom is 0.338 e. The van der Waals surface area contributed by atoms with Crippen LogP contribution in [0.15, 0.2) is 48.5 Å². The Labute approximate surface area is 135 Å². The Balaban J connectivity index is 1.61. The number of ether oxygens (including phenoxy) is 1. The number of aryl methyl sites for hydroxylation is 1. The van der Waals surface area contributed by atoms with E-state index in [1.54, 1.807) is 29.2 Å². The number of carbonyl (C=O) groups excluding carboxylic acids is 2. The molecule has 3 rings (SSSR count). The average molecular weight is 309 g/mol. The van der Waals surface area contributed by atoms with Gasteiger partial charge in [0.05, 0.1) is 5.56 Å². The summed E-state index contributed by atoms with van der Waals surface area (Å²) in [5.74, 6) is -0.218. The summed E-state index contributed by atoms with van der Waals surface area (Å²) in [4.78, 5) is 25.5. The van der Waals surface area contributed by atoms with E-state index in [1.807, 2.05) is 31.2 Å². The second-order valence-electron chi connectivity index (χ2n) is 5.76. The average Bonchev–Trinajstić information content (AvgIpc) is 3.00. The maximum absolute atomic E-state index is 12.1. The zero-order chi connectivity index (χ0) is 16.2. The summed E-state index contributed by atoms with van der Waals surface area (Å²) in [5, 5.41) is 0. The maximum atomic E-state index is 12.1. The van der Waals surface area contributed by atoms with Crippen molar-refractivity contribution in [2.24, 2.45) is 0 Å². The van der Waals surface area contributed by atoms with Gasteiger partial charge in [-0.3, -0.25) is 4.79 Å². The molecule has 23 heavy (non-hydrogen) atoms. The predicted molar refractivity (Wildman–Crippen MR) is 88.3 cm³/mol. The third-order valence-corrected chi connectivity index (χ3v) is 3.98. The highest BCUT2D eigenvalue weighted by Gasteiger charge is 2.21. The third kappa shape index (κ3) is 3.59. The monoisotopic (exact) mass is 309 g/mol. The molecule has 2 aromatic carbocycles. The molecule has 0 unspecified atom stereocenters. The number of rotatable bonds is 4. The van der Waals surface area contributed by atoms with E-state index in [0.29, 0.717) is 12.0 Å². The molecule has 1 aliphatic heterocycles. The Kier molecular flexibility index (Phi) is 4.42. The van der Waals surface area contributed by atoms with Crippen molar-refractivity contribution in [2.75, 3.05) is 11.4 Å². The van der Waals surface area contributed by atoms with Gasteiger partial charge in [-0.25, -0.2) is 4.79 Å². The van der Waals surface area contributed by atoms with Crippen LogP contribution in [0.25, 0.3) is 0 Å². The SMILES string of the molecule is Cc1ccc(COC(=O)c2ccc(N3CCCC3=O)cc2)cc1. The van der Waals surface area contributed by atoms with Crippen molar-refractivity contribution in [3.63, 3.8) is 0 Å². The van der Waals surface area contributed by atoms with Gasteiger partial charge in [-0.05, 0) is 43.2 Å². The highest BCUT2D eigenvalue weighted by atomic mass is 16.5. The highest BCUT2D eigenvalue weighted by molar-refractivity contribution is 5.96. The van der Waals surface area contributed by atoms with E-state index in [4.69, 9.17) is 4.74 Å². The van der Waals surface area contributed by atoms with Crippen molar-refractivity contribution >= 4 is 17.6 Å². The predicted octanol–water partition coefficient (Wildman–Crippen LogP) is 3.48. The molecular weight excluding hydrogens is 290 g/mol. The van der Waals surface area contributed by atoms with E-state index >= 15 is 0 Å². The number of nitrogens with zero attached hydrogens (tertiary/aromatic N) is 1. The Morgan fingerprint density at radius 1 is 1.09 bits per heavy atom. The molecule has 0 bridgehead atoms. The van der Waals surface area contributed by atoms with Gasteiger partial charge < -0.3 is 9.64 Å². The van der Waals surface area contributed by atoms with E-state index in [-0.39, 0.29) is 18.5 Å². The van der Waals surface area contributed by atoms with Gasteiger partial charge in [-0.1, -0.05) is 29.8 Å². The normalized spacial score (nSPS) is 14.1. The molecule has 4 nitrogen and oxygen atoms in total. The number of hydrogen-bond donors (Lipinski definition) is 0. The molecule has 4 heteroatoms. The number of anilines is 1. The van der Waals surface area contributed by atoms with Gasteiger partial charge >= 0.3 is 5.97 Å². The second-order valence-corrected chi connectivity index (χ2v) is 5.76. The molecule has 0 aromatic heterocycles. The van der Waals surface area contributed by atoms with Gasteiger partial charge in [0.1, 0.15) is 6.61 Å². The van der Waals surface area contributed by atoms with Gasteiger partial charge in [-0.2, -0.15) is 0 Å². The highest BCUT2D eigenvalue weighted by Crippen LogP contribution is 2.22. The van der Waals surface area contributed by atoms with Crippen molar-refractivity contribution in [1.29, 1.82) is 0 Å². The molecule has 2 aromatic rings. The minimum absolute atomic E-state index is 0.139. The molecule has 1 fully saturated rings. The lowest BCUT2D eigenvalue weighted by Crippen LogP contribution is -2.23. The number of hydrogen-bond acceptors (Lipinski definition) is 3. The lowest BCUT2D eigenvalue weighted by atomic mass is 10.1. The summed E-state index contributed by atoms with van der Waals surface area (Å²) < 4.78 is 5.32. The van der Waals surface area contributed by atoms with Crippen LogP contribution in [-0.2, 0) is 16.1 Å². The zero-order valence-electron chi connectivity index (χ0n) is 13.1. The molecule has 0 spiro atoms. The molecule has 1 heterocycles. The molecular formula is C19H19NO3. The summed E-state index contributed by atoms with van der Waals surface area (Å²) in [5.41, 5.74) is 3.46. The second kappa shape index (κ2) is 6.65. The van der Waals surface area contributed by atoms with Crippen LogP contribution in [0, 0.1) is 6.92 Å². The molecule has 118 valence electrons. The minimum atomic E-state index is -0.357. The summed E-state index contributed by atoms with van der Waals surface area (Å²) in [6, 6.07) is 14.9. The molecule has 0 aliphatic carbocycles. The van der Waals surface area contributed by atoms with Crippen molar-refractivity contribution in [3.05, 3.63) is 65.2 Å². The van der Waals surface area contributed by atoms with Crippen LogP contribution in [0.1, 0.15) is 34.3 Å². The van der Waals surface area contributed by atoms with Crippen LogP contribution in [0.4, 0.5) is 5.69 Å². The molecule has 0 N–H and O–H groups in total. The summed E-state index contributed by atoms with van der Waals surface area (Å²) in [7, 11) is 0. The fraction of sp³-hybridized carbons (Fsp3) is 0.263. The van der Waals surface area contributed by atoms with Crippen molar-refractivity contribution < 1.29 is 14.3 Å². The van der Waals surface area contributed by atoms with Crippen LogP contribution in [-0.4, -0.2) is 18.4 Å². The van der Waals surface area contributed by atoms with Crippen LogP contribution >= 0.6 is 0 Å². The van der Waals surface area contributed by atoms with Gasteiger partial charge in [0.15, 0.2) is 0 Å². The topological polar surface area (TPSA) is 46.6 Å². The Morgan fingerprint density at radius 3 is 2.39 bits per heavy atom. The van der Waals surface area contributed by atoms with E-state index in [9.17, 15) is 9.59 Å². The number of amides is 1. The Bertz CT molecular complexity index is 704. The van der Waals surface area contributed by atoms with Crippen LogP contribution < -0.4 is 4.90 Å². The molecule has 0 atom stereocenters. The third-order valence-electron chi connectivity index (χ3n) is 3.98. The summed E-state index contributed by atoms with van der Waals surface area (Å²) >= 11 is 0. The number of benzene rings is 2. The fourth-order valence-corrected chi connectivity index (χ4v) is 2.62. The summed E-state index contributed by atoms with van der Waals surface area (Å²) in [6.45, 7) is 3.02. The first-order valence-electron chi connectivity index (χ1n) is 7.76.